The summed E-state index contributed by atoms with van der Waals surface area (Å²) >= 11 is 0. The van der Waals surface area contributed by atoms with Crippen molar-refractivity contribution < 1.29 is 22.7 Å². The highest BCUT2D eigenvalue weighted by molar-refractivity contribution is 5.82. The van der Waals surface area contributed by atoms with Crippen LogP contribution in [0, 0.1) is 0 Å². The molecule has 2 aromatic heterocycles. The summed E-state index contributed by atoms with van der Waals surface area (Å²) < 4.78 is 44.3. The molecule has 5 nitrogen and oxygen atoms in total. The molecule has 0 aliphatic rings. The van der Waals surface area contributed by atoms with Crippen molar-refractivity contribution >= 4 is 11.0 Å². The lowest BCUT2D eigenvalue weighted by molar-refractivity contribution is -0.201. The number of rotatable bonds is 5. The van der Waals surface area contributed by atoms with Gasteiger partial charge in [-0.25, -0.2) is 0 Å². The van der Waals surface area contributed by atoms with Gasteiger partial charge in [0.15, 0.2) is 11.9 Å². The lowest BCUT2D eigenvalue weighted by Gasteiger charge is -2.14. The van der Waals surface area contributed by atoms with Crippen molar-refractivity contribution in [1.29, 1.82) is 0 Å². The number of fused-ring (bicyclic) bond motifs is 1. The number of alkyl halides is 3. The number of nitrogens with one attached hydrogen (secondary N) is 1. The zero-order valence-corrected chi connectivity index (χ0v) is 12.8. The van der Waals surface area contributed by atoms with E-state index in [4.69, 9.17) is 9.52 Å². The number of halogens is 3. The lowest BCUT2D eigenvalue weighted by atomic mass is 10.2. The van der Waals surface area contributed by atoms with E-state index < -0.39 is 18.8 Å². The SMILES string of the molecule is Cn1cc(CNC[C@@H](O)C(F)(F)F)c(-c2cc3ccccc3o2)n1. The smallest absolute Gasteiger partial charge is 0.415 e. The minimum absolute atomic E-state index is 0.132. The Hall–Kier alpha value is -2.32. The van der Waals surface area contributed by atoms with Crippen LogP contribution in [0.25, 0.3) is 22.4 Å². The van der Waals surface area contributed by atoms with Crippen LogP contribution in [0.5, 0.6) is 0 Å². The predicted octanol–water partition coefficient (Wildman–Crippen LogP) is 2.85. The summed E-state index contributed by atoms with van der Waals surface area (Å²) in [6.45, 7) is -0.453. The molecule has 0 aliphatic carbocycles. The summed E-state index contributed by atoms with van der Waals surface area (Å²) in [7, 11) is 1.72. The first kappa shape index (κ1) is 16.5. The second-order valence-electron chi connectivity index (χ2n) is 5.51. The van der Waals surface area contributed by atoms with Crippen molar-refractivity contribution in [2.75, 3.05) is 6.54 Å². The molecule has 0 radical (unpaired) electrons. The van der Waals surface area contributed by atoms with Crippen LogP contribution >= 0.6 is 0 Å². The molecule has 128 valence electrons. The second kappa shape index (κ2) is 6.29. The van der Waals surface area contributed by atoms with E-state index in [1.807, 2.05) is 30.3 Å². The molecule has 0 spiro atoms. The fraction of sp³-hybridized carbons (Fsp3) is 0.312. The Balaban J connectivity index is 1.78. The lowest BCUT2D eigenvalue weighted by Crippen LogP contribution is -2.38. The van der Waals surface area contributed by atoms with Gasteiger partial charge in [-0.15, -0.1) is 0 Å². The highest BCUT2D eigenvalue weighted by Gasteiger charge is 2.37. The van der Waals surface area contributed by atoms with Crippen LogP contribution < -0.4 is 5.32 Å². The fourth-order valence-corrected chi connectivity index (χ4v) is 2.43. The predicted molar refractivity (Wildman–Crippen MR) is 82.2 cm³/mol. The Morgan fingerprint density at radius 3 is 2.79 bits per heavy atom. The van der Waals surface area contributed by atoms with Crippen LogP contribution in [0.15, 0.2) is 40.9 Å². The summed E-state index contributed by atoms with van der Waals surface area (Å²) in [6.07, 6.45) is -5.33. The largest absolute Gasteiger partial charge is 0.454 e. The third-order valence-corrected chi connectivity index (χ3v) is 3.59. The molecule has 8 heteroatoms. The number of hydrogen-bond donors (Lipinski definition) is 2. The van der Waals surface area contributed by atoms with Crippen molar-refractivity contribution in [2.24, 2.45) is 7.05 Å². The third-order valence-electron chi connectivity index (χ3n) is 3.59. The Morgan fingerprint density at radius 1 is 1.33 bits per heavy atom. The van der Waals surface area contributed by atoms with Gasteiger partial charge < -0.3 is 14.8 Å². The monoisotopic (exact) mass is 339 g/mol. The number of aromatic nitrogens is 2. The Morgan fingerprint density at radius 2 is 2.08 bits per heavy atom. The zero-order valence-electron chi connectivity index (χ0n) is 12.8. The number of aryl methyl sites for hydroxylation is 1. The summed E-state index contributed by atoms with van der Waals surface area (Å²) in [4.78, 5) is 0. The van der Waals surface area contributed by atoms with Crippen LogP contribution in [0.4, 0.5) is 13.2 Å². The molecule has 0 aliphatic heterocycles. The first-order valence-corrected chi connectivity index (χ1v) is 7.31. The van der Waals surface area contributed by atoms with Crippen molar-refractivity contribution in [1.82, 2.24) is 15.1 Å². The normalized spacial score (nSPS) is 13.5. The second-order valence-corrected chi connectivity index (χ2v) is 5.51. The van der Waals surface area contributed by atoms with Crippen LogP contribution in [0.1, 0.15) is 5.56 Å². The topological polar surface area (TPSA) is 63.2 Å². The van der Waals surface area contributed by atoms with E-state index in [0.29, 0.717) is 22.6 Å². The Labute approximate surface area is 135 Å². The van der Waals surface area contributed by atoms with Gasteiger partial charge in [-0.1, -0.05) is 18.2 Å². The van der Waals surface area contributed by atoms with Gasteiger partial charge in [-0.2, -0.15) is 18.3 Å². The van der Waals surface area contributed by atoms with E-state index in [1.165, 1.54) is 0 Å². The van der Waals surface area contributed by atoms with Crippen LogP contribution in [0.2, 0.25) is 0 Å². The molecule has 0 bridgehead atoms. The van der Waals surface area contributed by atoms with Gasteiger partial charge in [0.25, 0.3) is 0 Å². The van der Waals surface area contributed by atoms with E-state index in [2.05, 4.69) is 10.4 Å². The highest BCUT2D eigenvalue weighted by Crippen LogP contribution is 2.29. The molecule has 0 unspecified atom stereocenters. The molecule has 0 saturated heterocycles. The molecule has 3 aromatic rings. The summed E-state index contributed by atoms with van der Waals surface area (Å²) in [5, 5.41) is 16.9. The van der Waals surface area contributed by atoms with Gasteiger partial charge in [-0.3, -0.25) is 4.68 Å². The third kappa shape index (κ3) is 3.44. The first-order chi connectivity index (χ1) is 11.3. The zero-order chi connectivity index (χ0) is 17.3. The molecular weight excluding hydrogens is 323 g/mol. The average Bonchev–Trinajstić information content (AvgIpc) is 3.09. The maximum Gasteiger partial charge on any atom is 0.415 e. The summed E-state index contributed by atoms with van der Waals surface area (Å²) in [5.74, 6) is 0.546. The van der Waals surface area contributed by atoms with E-state index in [9.17, 15) is 13.2 Å². The molecule has 0 fully saturated rings. The number of aliphatic hydroxyl groups is 1. The van der Waals surface area contributed by atoms with E-state index in [0.717, 1.165) is 5.39 Å². The maximum atomic E-state index is 12.3. The van der Waals surface area contributed by atoms with Gasteiger partial charge in [0.1, 0.15) is 11.3 Å². The molecule has 2 N–H and O–H groups in total. The van der Waals surface area contributed by atoms with Crippen molar-refractivity contribution in [3.05, 3.63) is 42.1 Å². The number of para-hydroxylation sites is 1. The number of aliphatic hydroxyl groups excluding tert-OH is 1. The Kier molecular flexibility index (Phi) is 4.33. The number of furan rings is 1. The molecule has 0 amide bonds. The molecule has 1 atom stereocenters. The Bertz CT molecular complexity index is 806. The quantitative estimate of drug-likeness (QED) is 0.750. The van der Waals surface area contributed by atoms with Gasteiger partial charge in [0.05, 0.1) is 0 Å². The highest BCUT2D eigenvalue weighted by atomic mass is 19.4. The van der Waals surface area contributed by atoms with E-state index in [-0.39, 0.29) is 6.54 Å². The first-order valence-electron chi connectivity index (χ1n) is 7.31. The van der Waals surface area contributed by atoms with Crippen LogP contribution in [0.3, 0.4) is 0 Å². The average molecular weight is 339 g/mol. The molecule has 1 aromatic carbocycles. The van der Waals surface area contributed by atoms with Gasteiger partial charge in [-0.05, 0) is 12.1 Å². The van der Waals surface area contributed by atoms with E-state index >= 15 is 0 Å². The molecule has 0 saturated carbocycles. The molecule has 2 heterocycles. The standard InChI is InChI=1S/C16H16F3N3O2/c1-22-9-11(7-20-8-14(23)16(17,18)19)15(21-22)13-6-10-4-2-3-5-12(10)24-13/h2-6,9,14,20,23H,7-8H2,1H3/t14-/m1/s1. The van der Waals surface area contributed by atoms with Gasteiger partial charge >= 0.3 is 6.18 Å². The maximum absolute atomic E-state index is 12.3. The van der Waals surface area contributed by atoms with Crippen molar-refractivity contribution in [3.63, 3.8) is 0 Å². The molecular formula is C16H16F3N3O2. The minimum Gasteiger partial charge on any atom is -0.454 e. The van der Waals surface area contributed by atoms with E-state index in [1.54, 1.807) is 17.9 Å². The van der Waals surface area contributed by atoms with Gasteiger partial charge in [0.2, 0.25) is 0 Å². The van der Waals surface area contributed by atoms with Gasteiger partial charge in [0, 0.05) is 37.3 Å². The molecule has 3 rings (SSSR count). The van der Waals surface area contributed by atoms with Crippen molar-refractivity contribution in [3.8, 4) is 11.5 Å². The minimum atomic E-state index is -4.64. The summed E-state index contributed by atoms with van der Waals surface area (Å²) in [6, 6.07) is 9.32. The number of benzene rings is 1. The van der Waals surface area contributed by atoms with Crippen LogP contribution in [-0.2, 0) is 13.6 Å². The fourth-order valence-electron chi connectivity index (χ4n) is 2.43. The van der Waals surface area contributed by atoms with Crippen molar-refractivity contribution in [2.45, 2.75) is 18.8 Å². The summed E-state index contributed by atoms with van der Waals surface area (Å²) in [5.41, 5.74) is 1.96. The number of hydrogen-bond acceptors (Lipinski definition) is 4. The molecule has 24 heavy (non-hydrogen) atoms. The number of nitrogens with zero attached hydrogens (tertiary/aromatic N) is 2. The van der Waals surface area contributed by atoms with Crippen LogP contribution in [-0.4, -0.2) is 33.7 Å².